The van der Waals surface area contributed by atoms with E-state index in [1.54, 1.807) is 6.26 Å². The Morgan fingerprint density at radius 3 is 1.57 bits per heavy atom. The van der Waals surface area contributed by atoms with Crippen LogP contribution in [0.2, 0.25) is 18.1 Å². The fraction of sp³-hybridized carbons (Fsp3) is 0.966. The van der Waals surface area contributed by atoms with Crippen molar-refractivity contribution in [2.45, 2.75) is 172 Å². The molecule has 3 atom stereocenters. The summed E-state index contributed by atoms with van der Waals surface area (Å²) < 4.78 is 6.64. The molecule has 2 N–H and O–H groups in total. The number of carboxylic acid groups (broad SMARTS) is 1. The van der Waals surface area contributed by atoms with Crippen molar-refractivity contribution in [2.24, 2.45) is 0 Å². The summed E-state index contributed by atoms with van der Waals surface area (Å²) in [4.78, 5) is 11.5. The molecule has 0 saturated heterocycles. The molecule has 0 heterocycles. The Morgan fingerprint density at radius 2 is 1.23 bits per heavy atom. The van der Waals surface area contributed by atoms with Crippen LogP contribution in [0.5, 0.6) is 0 Å². The topological polar surface area (TPSA) is 66.8 Å². The van der Waals surface area contributed by atoms with Crippen LogP contribution in [0.25, 0.3) is 0 Å². The lowest BCUT2D eigenvalue weighted by molar-refractivity contribution is -0.138. The van der Waals surface area contributed by atoms with Crippen LogP contribution >= 0.6 is 11.8 Å². The molecule has 0 amide bonds. The van der Waals surface area contributed by atoms with Crippen LogP contribution in [0.1, 0.15) is 137 Å². The highest BCUT2D eigenvalue weighted by Crippen LogP contribution is 2.38. The first-order chi connectivity index (χ1) is 16.5. The Kier molecular flexibility index (Phi) is 20.0. The Hall–Kier alpha value is -0.0431. The summed E-state index contributed by atoms with van der Waals surface area (Å²) in [7, 11) is -1.98. The predicted octanol–water partition coefficient (Wildman–Crippen LogP) is 9.21. The van der Waals surface area contributed by atoms with Gasteiger partial charge in [0, 0.05) is 6.10 Å². The van der Waals surface area contributed by atoms with Crippen molar-refractivity contribution < 1.29 is 19.4 Å². The largest absolute Gasteiger partial charge is 0.480 e. The number of unbranched alkanes of at least 4 members (excludes halogenated alkanes) is 14. The Bertz CT molecular complexity index is 521. The van der Waals surface area contributed by atoms with Gasteiger partial charge in [-0.2, -0.15) is 0 Å². The summed E-state index contributed by atoms with van der Waals surface area (Å²) in [5.74, 6) is -0.942. The maximum atomic E-state index is 11.5. The fourth-order valence-electron chi connectivity index (χ4n) is 4.38. The minimum absolute atomic E-state index is 0.0677. The third-order valence-electron chi connectivity index (χ3n) is 7.75. The van der Waals surface area contributed by atoms with Crippen molar-refractivity contribution >= 4 is 26.0 Å². The second-order valence-corrected chi connectivity index (χ2v) is 17.8. The molecule has 0 radical (unpaired) electrons. The SMILES string of the molecule is CCCCCCCCCCCCCCCCCC(CC(O)C(SC)C(=O)O)O[Si](C)(C)C(C)(C)C. The van der Waals surface area contributed by atoms with Crippen molar-refractivity contribution in [1.82, 2.24) is 0 Å². The maximum absolute atomic E-state index is 11.5. The molecule has 0 saturated carbocycles. The van der Waals surface area contributed by atoms with Gasteiger partial charge in [0.1, 0.15) is 5.25 Å². The number of aliphatic hydroxyl groups is 1. The summed E-state index contributed by atoms with van der Waals surface area (Å²) in [6.07, 6.45) is 22.3. The molecule has 0 aliphatic carbocycles. The number of carbonyl (C=O) groups is 1. The van der Waals surface area contributed by atoms with Gasteiger partial charge in [-0.05, 0) is 37.2 Å². The number of hydrogen-bond donors (Lipinski definition) is 2. The molecule has 0 aliphatic rings. The van der Waals surface area contributed by atoms with E-state index in [4.69, 9.17) is 4.43 Å². The Labute approximate surface area is 223 Å². The van der Waals surface area contributed by atoms with Gasteiger partial charge in [0.05, 0.1) is 6.10 Å². The van der Waals surface area contributed by atoms with E-state index in [9.17, 15) is 15.0 Å². The molecular formula is C29H60O4SSi. The molecule has 0 aliphatic heterocycles. The minimum Gasteiger partial charge on any atom is -0.480 e. The van der Waals surface area contributed by atoms with E-state index in [-0.39, 0.29) is 11.1 Å². The maximum Gasteiger partial charge on any atom is 0.319 e. The van der Waals surface area contributed by atoms with E-state index in [1.165, 1.54) is 102 Å². The highest BCUT2D eigenvalue weighted by Gasteiger charge is 2.40. The zero-order valence-corrected chi connectivity index (χ0v) is 26.2. The standard InChI is InChI=1S/C29H60O4SSi/c1-8-9-10-11-12-13-14-15-16-17-18-19-20-21-22-23-25(33-35(6,7)29(2,3)4)24-26(30)27(34-5)28(31)32/h25-27,30H,8-24H2,1-7H3,(H,31,32). The van der Waals surface area contributed by atoms with Crippen LogP contribution in [0.3, 0.4) is 0 Å². The van der Waals surface area contributed by atoms with Crippen molar-refractivity contribution in [3.63, 3.8) is 0 Å². The van der Waals surface area contributed by atoms with E-state index >= 15 is 0 Å². The van der Waals surface area contributed by atoms with Gasteiger partial charge in [-0.25, -0.2) is 0 Å². The molecular weight excluding hydrogens is 472 g/mol. The third kappa shape index (κ3) is 17.2. The number of thioether (sulfide) groups is 1. The summed E-state index contributed by atoms with van der Waals surface area (Å²) >= 11 is 1.21. The third-order valence-corrected chi connectivity index (χ3v) is 13.3. The molecule has 210 valence electrons. The van der Waals surface area contributed by atoms with Gasteiger partial charge in [0.2, 0.25) is 0 Å². The van der Waals surface area contributed by atoms with Crippen molar-refractivity contribution in [3.05, 3.63) is 0 Å². The van der Waals surface area contributed by atoms with Crippen molar-refractivity contribution in [2.75, 3.05) is 6.26 Å². The van der Waals surface area contributed by atoms with Crippen LogP contribution in [-0.4, -0.2) is 48.2 Å². The highest BCUT2D eigenvalue weighted by molar-refractivity contribution is 7.99. The van der Waals surface area contributed by atoms with Gasteiger partial charge in [0.15, 0.2) is 8.32 Å². The number of aliphatic carboxylic acids is 1. The van der Waals surface area contributed by atoms with Crippen LogP contribution in [0.15, 0.2) is 0 Å². The van der Waals surface area contributed by atoms with Crippen molar-refractivity contribution in [3.8, 4) is 0 Å². The molecule has 4 nitrogen and oxygen atoms in total. The Morgan fingerprint density at radius 1 is 0.829 bits per heavy atom. The molecule has 0 aromatic heterocycles. The molecule has 0 fully saturated rings. The second-order valence-electron chi connectivity index (χ2n) is 12.0. The van der Waals surface area contributed by atoms with Gasteiger partial charge in [-0.3, -0.25) is 4.79 Å². The number of aliphatic hydroxyl groups excluding tert-OH is 1. The lowest BCUT2D eigenvalue weighted by Gasteiger charge is -2.40. The molecule has 3 unspecified atom stereocenters. The van der Waals surface area contributed by atoms with E-state index < -0.39 is 25.6 Å². The number of hydrogen-bond acceptors (Lipinski definition) is 4. The first-order valence-corrected chi connectivity index (χ1v) is 18.8. The molecule has 0 aromatic rings. The summed E-state index contributed by atoms with van der Waals surface area (Å²) in [6, 6.07) is 0. The van der Waals surface area contributed by atoms with Gasteiger partial charge >= 0.3 is 5.97 Å². The first kappa shape index (κ1) is 35.0. The first-order valence-electron chi connectivity index (χ1n) is 14.6. The number of rotatable bonds is 23. The minimum atomic E-state index is -1.98. The zero-order valence-electron chi connectivity index (χ0n) is 24.4. The lowest BCUT2D eigenvalue weighted by atomic mass is 10.0. The van der Waals surface area contributed by atoms with Crippen LogP contribution in [0, 0.1) is 0 Å². The van der Waals surface area contributed by atoms with E-state index in [0.29, 0.717) is 6.42 Å². The molecule has 0 spiro atoms. The fourth-order valence-corrected chi connectivity index (χ4v) is 6.40. The average molecular weight is 533 g/mol. The van der Waals surface area contributed by atoms with E-state index in [0.717, 1.165) is 12.8 Å². The Balaban J connectivity index is 4.21. The van der Waals surface area contributed by atoms with Crippen molar-refractivity contribution in [1.29, 1.82) is 0 Å². The molecule has 6 heteroatoms. The highest BCUT2D eigenvalue weighted by atomic mass is 32.2. The van der Waals surface area contributed by atoms with Gasteiger partial charge in [0.25, 0.3) is 0 Å². The molecule has 0 rings (SSSR count). The summed E-state index contributed by atoms with van der Waals surface area (Å²) in [5.41, 5.74) is 0. The van der Waals surface area contributed by atoms with Gasteiger partial charge in [-0.15, -0.1) is 11.8 Å². The number of carboxylic acids is 1. The smallest absolute Gasteiger partial charge is 0.319 e. The van der Waals surface area contributed by atoms with Gasteiger partial charge in [-0.1, -0.05) is 124 Å². The van der Waals surface area contributed by atoms with Crippen LogP contribution in [0.4, 0.5) is 0 Å². The predicted molar refractivity (Wildman–Crippen MR) is 157 cm³/mol. The zero-order chi connectivity index (χ0) is 26.7. The molecule has 0 bridgehead atoms. The average Bonchev–Trinajstić information content (AvgIpc) is 2.75. The van der Waals surface area contributed by atoms with Crippen LogP contribution in [-0.2, 0) is 9.22 Å². The van der Waals surface area contributed by atoms with Crippen LogP contribution < -0.4 is 0 Å². The molecule has 0 aromatic carbocycles. The monoisotopic (exact) mass is 532 g/mol. The lowest BCUT2D eigenvalue weighted by Crippen LogP contribution is -2.45. The van der Waals surface area contributed by atoms with Gasteiger partial charge < -0.3 is 14.6 Å². The second kappa shape index (κ2) is 20.0. The van der Waals surface area contributed by atoms with E-state index in [2.05, 4.69) is 40.8 Å². The summed E-state index contributed by atoms with van der Waals surface area (Å²) in [5, 5.41) is 19.3. The summed E-state index contributed by atoms with van der Waals surface area (Å²) in [6.45, 7) is 13.4. The quantitative estimate of drug-likeness (QED) is 0.101. The van der Waals surface area contributed by atoms with E-state index in [1.807, 2.05) is 0 Å². The molecule has 35 heavy (non-hydrogen) atoms. The normalized spacial score (nSPS) is 15.2.